The molecular formula is C19H14ClNO4. The zero-order chi connectivity index (χ0) is 17.6. The van der Waals surface area contributed by atoms with Crippen molar-refractivity contribution in [2.75, 3.05) is 6.79 Å². The van der Waals surface area contributed by atoms with Crippen molar-refractivity contribution in [2.24, 2.45) is 4.99 Å². The van der Waals surface area contributed by atoms with E-state index in [2.05, 4.69) is 4.99 Å². The molecule has 0 radical (unpaired) electrons. The second kappa shape index (κ2) is 5.93. The number of hydrogen-bond acceptors (Lipinski definition) is 5. The Kier molecular flexibility index (Phi) is 3.73. The first kappa shape index (κ1) is 15.7. The summed E-state index contributed by atoms with van der Waals surface area (Å²) in [6.45, 7) is 4.16. The Labute approximate surface area is 149 Å². The monoisotopic (exact) mass is 355 g/mol. The summed E-state index contributed by atoms with van der Waals surface area (Å²) >= 11 is 6.17. The maximum atomic E-state index is 12.1. The van der Waals surface area contributed by atoms with Gasteiger partial charge in [-0.2, -0.15) is 0 Å². The molecule has 2 aromatic carbocycles. The van der Waals surface area contributed by atoms with Gasteiger partial charge in [-0.3, -0.25) is 0 Å². The molecule has 5 nitrogen and oxygen atoms in total. The van der Waals surface area contributed by atoms with E-state index in [0.717, 1.165) is 11.1 Å². The van der Waals surface area contributed by atoms with Crippen LogP contribution in [-0.4, -0.2) is 18.7 Å². The molecule has 0 bridgehead atoms. The second-order valence-electron chi connectivity index (χ2n) is 5.87. The lowest BCUT2D eigenvalue weighted by atomic mass is 10.1. The lowest BCUT2D eigenvalue weighted by molar-refractivity contribution is -0.129. The Bertz CT molecular complexity index is 962. The number of esters is 1. The Morgan fingerprint density at radius 2 is 1.96 bits per heavy atom. The average molecular weight is 356 g/mol. The highest BCUT2D eigenvalue weighted by Crippen LogP contribution is 2.40. The molecule has 2 heterocycles. The predicted molar refractivity (Wildman–Crippen MR) is 94.1 cm³/mol. The lowest BCUT2D eigenvalue weighted by Crippen LogP contribution is -2.05. The number of benzene rings is 2. The van der Waals surface area contributed by atoms with Gasteiger partial charge in [0.05, 0.1) is 5.02 Å². The topological polar surface area (TPSA) is 57.1 Å². The van der Waals surface area contributed by atoms with Crippen molar-refractivity contribution in [3.8, 4) is 11.5 Å². The fraction of sp³-hybridized carbons (Fsp3) is 0.158. The number of rotatable bonds is 2. The van der Waals surface area contributed by atoms with Crippen LogP contribution in [-0.2, 0) is 9.53 Å². The molecule has 0 saturated heterocycles. The minimum atomic E-state index is -0.498. The average Bonchev–Trinajstić information content (AvgIpc) is 3.18. The van der Waals surface area contributed by atoms with Crippen LogP contribution in [0.25, 0.3) is 6.08 Å². The lowest BCUT2D eigenvalue weighted by Gasteiger charge is -2.03. The number of nitrogens with zero attached hydrogens (tertiary/aromatic N) is 1. The largest absolute Gasteiger partial charge is 0.454 e. The number of ether oxygens (including phenoxy) is 3. The molecule has 2 aromatic rings. The van der Waals surface area contributed by atoms with E-state index >= 15 is 0 Å². The molecule has 0 atom stereocenters. The molecule has 0 aliphatic carbocycles. The number of halogens is 1. The van der Waals surface area contributed by atoms with Crippen molar-refractivity contribution in [1.29, 1.82) is 0 Å². The maximum absolute atomic E-state index is 12.1. The van der Waals surface area contributed by atoms with Gasteiger partial charge in [0.15, 0.2) is 17.2 Å². The van der Waals surface area contributed by atoms with E-state index in [1.165, 1.54) is 5.56 Å². The van der Waals surface area contributed by atoms with E-state index in [9.17, 15) is 4.79 Å². The van der Waals surface area contributed by atoms with E-state index in [1.807, 2.05) is 32.0 Å². The molecule has 0 aromatic heterocycles. The first-order valence-electron chi connectivity index (χ1n) is 7.70. The minimum Gasteiger partial charge on any atom is -0.454 e. The maximum Gasteiger partial charge on any atom is 0.363 e. The first-order chi connectivity index (χ1) is 12.0. The molecule has 0 N–H and O–H groups in total. The van der Waals surface area contributed by atoms with Gasteiger partial charge in [-0.1, -0.05) is 17.7 Å². The molecule has 0 fully saturated rings. The van der Waals surface area contributed by atoms with Gasteiger partial charge in [0.1, 0.15) is 0 Å². The van der Waals surface area contributed by atoms with E-state index in [1.54, 1.807) is 18.2 Å². The quantitative estimate of drug-likeness (QED) is 0.603. The van der Waals surface area contributed by atoms with Crippen LogP contribution in [0.3, 0.4) is 0 Å². The zero-order valence-corrected chi connectivity index (χ0v) is 14.4. The molecule has 0 spiro atoms. The van der Waals surface area contributed by atoms with Crippen molar-refractivity contribution in [2.45, 2.75) is 13.8 Å². The van der Waals surface area contributed by atoms with Gasteiger partial charge < -0.3 is 14.2 Å². The number of aliphatic imine (C=N–C) groups is 1. The fourth-order valence-electron chi connectivity index (χ4n) is 2.64. The Balaban J connectivity index is 1.69. The SMILES string of the molecule is Cc1ccc(C2=N/C(=C\c3cc(Cl)c4c(c3)OCO4)C(=O)O2)cc1C. The summed E-state index contributed by atoms with van der Waals surface area (Å²) in [4.78, 5) is 16.5. The van der Waals surface area contributed by atoms with Crippen LogP contribution < -0.4 is 9.47 Å². The third-order valence-corrected chi connectivity index (χ3v) is 4.41. The highest BCUT2D eigenvalue weighted by atomic mass is 35.5. The van der Waals surface area contributed by atoms with Crippen LogP contribution in [0.1, 0.15) is 22.3 Å². The summed E-state index contributed by atoms with van der Waals surface area (Å²) in [6.07, 6.45) is 1.62. The summed E-state index contributed by atoms with van der Waals surface area (Å²) in [7, 11) is 0. The van der Waals surface area contributed by atoms with Gasteiger partial charge in [-0.25, -0.2) is 9.79 Å². The van der Waals surface area contributed by atoms with E-state index in [4.69, 9.17) is 25.8 Å². The Hall–Kier alpha value is -2.79. The molecule has 2 aliphatic rings. The smallest absolute Gasteiger partial charge is 0.363 e. The molecular weight excluding hydrogens is 342 g/mol. The number of hydrogen-bond donors (Lipinski definition) is 0. The first-order valence-corrected chi connectivity index (χ1v) is 8.08. The molecule has 6 heteroatoms. The highest BCUT2D eigenvalue weighted by molar-refractivity contribution is 6.32. The Morgan fingerprint density at radius 1 is 1.12 bits per heavy atom. The summed E-state index contributed by atoms with van der Waals surface area (Å²) in [5.41, 5.74) is 3.94. The zero-order valence-electron chi connectivity index (χ0n) is 13.6. The summed E-state index contributed by atoms with van der Waals surface area (Å²) in [5.74, 6) is 0.856. The summed E-state index contributed by atoms with van der Waals surface area (Å²) < 4.78 is 15.9. The van der Waals surface area contributed by atoms with Gasteiger partial charge in [-0.05, 0) is 60.9 Å². The number of aryl methyl sites for hydroxylation is 2. The van der Waals surface area contributed by atoms with Crippen molar-refractivity contribution in [1.82, 2.24) is 0 Å². The van der Waals surface area contributed by atoms with Crippen LogP contribution in [0.5, 0.6) is 11.5 Å². The number of carbonyl (C=O) groups is 1. The van der Waals surface area contributed by atoms with Gasteiger partial charge in [-0.15, -0.1) is 0 Å². The summed E-state index contributed by atoms with van der Waals surface area (Å²) in [5, 5.41) is 0.423. The van der Waals surface area contributed by atoms with Crippen LogP contribution in [0.4, 0.5) is 0 Å². The third-order valence-electron chi connectivity index (χ3n) is 4.13. The van der Waals surface area contributed by atoms with Crippen molar-refractivity contribution < 1.29 is 19.0 Å². The third kappa shape index (κ3) is 2.87. The van der Waals surface area contributed by atoms with Crippen LogP contribution in [0.2, 0.25) is 5.02 Å². The van der Waals surface area contributed by atoms with Gasteiger partial charge in [0.2, 0.25) is 12.7 Å². The van der Waals surface area contributed by atoms with E-state index in [0.29, 0.717) is 28.0 Å². The van der Waals surface area contributed by atoms with E-state index < -0.39 is 5.97 Å². The van der Waals surface area contributed by atoms with Gasteiger partial charge >= 0.3 is 5.97 Å². The number of fused-ring (bicyclic) bond motifs is 1. The standard InChI is InChI=1S/C19H14ClNO4/c1-10-3-4-13(5-11(10)2)18-21-15(19(22)25-18)7-12-6-14(20)17-16(8-12)23-9-24-17/h3-8H,9H2,1-2H3/b15-7-. The number of cyclic esters (lactones) is 1. The van der Waals surface area contributed by atoms with Crippen molar-refractivity contribution in [3.05, 3.63) is 63.3 Å². The fourth-order valence-corrected chi connectivity index (χ4v) is 2.91. The summed E-state index contributed by atoms with van der Waals surface area (Å²) in [6, 6.07) is 9.24. The van der Waals surface area contributed by atoms with Crippen LogP contribution in [0, 0.1) is 13.8 Å². The molecule has 2 aliphatic heterocycles. The van der Waals surface area contributed by atoms with Gasteiger partial charge in [0, 0.05) is 5.56 Å². The minimum absolute atomic E-state index is 0.131. The van der Waals surface area contributed by atoms with Crippen LogP contribution in [0.15, 0.2) is 41.0 Å². The molecule has 0 unspecified atom stereocenters. The highest BCUT2D eigenvalue weighted by Gasteiger charge is 2.25. The van der Waals surface area contributed by atoms with Crippen molar-refractivity contribution in [3.63, 3.8) is 0 Å². The van der Waals surface area contributed by atoms with E-state index in [-0.39, 0.29) is 12.5 Å². The molecule has 25 heavy (non-hydrogen) atoms. The normalized spacial score (nSPS) is 17.0. The Morgan fingerprint density at radius 3 is 2.76 bits per heavy atom. The molecule has 4 rings (SSSR count). The van der Waals surface area contributed by atoms with Gasteiger partial charge in [0.25, 0.3) is 0 Å². The van der Waals surface area contributed by atoms with Crippen molar-refractivity contribution >= 4 is 29.5 Å². The van der Waals surface area contributed by atoms with Crippen LogP contribution >= 0.6 is 11.6 Å². The molecule has 126 valence electrons. The molecule has 0 amide bonds. The second-order valence-corrected chi connectivity index (χ2v) is 6.28. The predicted octanol–water partition coefficient (Wildman–Crippen LogP) is 4.03. The molecule has 0 saturated carbocycles. The number of carbonyl (C=O) groups excluding carboxylic acids is 1.